The van der Waals surface area contributed by atoms with Crippen LogP contribution in [0.15, 0.2) is 59.8 Å². The second-order valence-corrected chi connectivity index (χ2v) is 7.49. The van der Waals surface area contributed by atoms with E-state index in [2.05, 4.69) is 35.7 Å². The number of amides is 1. The molecule has 2 aromatic heterocycles. The van der Waals surface area contributed by atoms with Gasteiger partial charge in [0.1, 0.15) is 5.82 Å². The lowest BCUT2D eigenvalue weighted by atomic mass is 10.1. The minimum absolute atomic E-state index is 0.151. The number of morpholine rings is 1. The van der Waals surface area contributed by atoms with Crippen LogP contribution in [0.1, 0.15) is 21.6 Å². The molecule has 1 aliphatic heterocycles. The van der Waals surface area contributed by atoms with Crippen LogP contribution < -0.4 is 20.4 Å². The first-order valence-corrected chi connectivity index (χ1v) is 11.1. The Morgan fingerprint density at radius 1 is 1.18 bits per heavy atom. The number of carbonyl (C=O) groups is 1. The van der Waals surface area contributed by atoms with Crippen LogP contribution >= 0.6 is 0 Å². The smallest absolute Gasteiger partial charge is 0.320 e. The van der Waals surface area contributed by atoms with E-state index in [1.165, 1.54) is 0 Å². The molecule has 2 N–H and O–H groups in total. The van der Waals surface area contributed by atoms with Gasteiger partial charge in [-0.1, -0.05) is 18.2 Å². The number of benzene rings is 1. The highest BCUT2D eigenvalue weighted by molar-refractivity contribution is 5.95. The number of nitrogens with zero attached hydrogens (tertiary/aromatic N) is 5. The SMILES string of the molecule is CNC(=O)c1cccc(C=NNc2cc(N3CCOCC3)nc(OCCc3ccccn3)n2)c1. The maximum atomic E-state index is 11.8. The largest absolute Gasteiger partial charge is 0.463 e. The predicted octanol–water partition coefficient (Wildman–Crippen LogP) is 2.14. The van der Waals surface area contributed by atoms with Crippen molar-refractivity contribution in [1.82, 2.24) is 20.3 Å². The Balaban J connectivity index is 1.47. The van der Waals surface area contributed by atoms with E-state index in [4.69, 9.17) is 9.47 Å². The zero-order chi connectivity index (χ0) is 23.6. The highest BCUT2D eigenvalue weighted by atomic mass is 16.5. The Kier molecular flexibility index (Phi) is 7.96. The molecule has 10 heteroatoms. The molecule has 0 saturated carbocycles. The monoisotopic (exact) mass is 461 g/mol. The third-order valence-electron chi connectivity index (χ3n) is 5.11. The summed E-state index contributed by atoms with van der Waals surface area (Å²) in [6.45, 7) is 3.16. The molecule has 3 heterocycles. The van der Waals surface area contributed by atoms with Crippen molar-refractivity contribution >= 4 is 23.8 Å². The Morgan fingerprint density at radius 2 is 2.06 bits per heavy atom. The number of aromatic nitrogens is 3. The second-order valence-electron chi connectivity index (χ2n) is 7.49. The number of hydrazone groups is 1. The van der Waals surface area contributed by atoms with Gasteiger partial charge in [-0.3, -0.25) is 15.2 Å². The van der Waals surface area contributed by atoms with E-state index in [1.807, 2.05) is 30.3 Å². The third-order valence-corrected chi connectivity index (χ3v) is 5.11. The highest BCUT2D eigenvalue weighted by Gasteiger charge is 2.15. The Hall–Kier alpha value is -4.05. The molecule has 34 heavy (non-hydrogen) atoms. The van der Waals surface area contributed by atoms with Gasteiger partial charge in [0.2, 0.25) is 0 Å². The number of hydrogen-bond donors (Lipinski definition) is 2. The molecule has 0 atom stereocenters. The molecule has 1 aromatic carbocycles. The summed E-state index contributed by atoms with van der Waals surface area (Å²) < 4.78 is 11.3. The molecule has 0 spiro atoms. The summed E-state index contributed by atoms with van der Waals surface area (Å²) in [5, 5.41) is 6.90. The van der Waals surface area contributed by atoms with Crippen LogP contribution in [0.5, 0.6) is 6.01 Å². The van der Waals surface area contributed by atoms with Gasteiger partial charge in [0.15, 0.2) is 5.82 Å². The van der Waals surface area contributed by atoms with Crippen molar-refractivity contribution in [3.63, 3.8) is 0 Å². The Bertz CT molecular complexity index is 1120. The maximum absolute atomic E-state index is 11.8. The average molecular weight is 462 g/mol. The predicted molar refractivity (Wildman–Crippen MR) is 130 cm³/mol. The molecule has 1 aliphatic rings. The van der Waals surface area contributed by atoms with Gasteiger partial charge in [0.25, 0.3) is 5.91 Å². The lowest BCUT2D eigenvalue weighted by Crippen LogP contribution is -2.36. The number of carbonyl (C=O) groups excluding carboxylic acids is 1. The molecular formula is C24H27N7O3. The number of rotatable bonds is 9. The van der Waals surface area contributed by atoms with Crippen molar-refractivity contribution in [2.24, 2.45) is 5.10 Å². The fraction of sp³-hybridized carbons (Fsp3) is 0.292. The van der Waals surface area contributed by atoms with Crippen molar-refractivity contribution in [1.29, 1.82) is 0 Å². The van der Waals surface area contributed by atoms with E-state index in [9.17, 15) is 4.79 Å². The summed E-state index contributed by atoms with van der Waals surface area (Å²) in [5.41, 5.74) is 5.23. The zero-order valence-electron chi connectivity index (χ0n) is 19.0. The van der Waals surface area contributed by atoms with Crippen molar-refractivity contribution in [2.45, 2.75) is 6.42 Å². The van der Waals surface area contributed by atoms with Crippen LogP contribution in [0.25, 0.3) is 0 Å². The van der Waals surface area contributed by atoms with E-state index >= 15 is 0 Å². The number of hydrogen-bond acceptors (Lipinski definition) is 9. The quantitative estimate of drug-likeness (QED) is 0.368. The van der Waals surface area contributed by atoms with Crippen molar-refractivity contribution in [3.05, 3.63) is 71.5 Å². The Morgan fingerprint density at radius 3 is 2.85 bits per heavy atom. The molecule has 1 saturated heterocycles. The third kappa shape index (κ3) is 6.48. The van der Waals surface area contributed by atoms with Gasteiger partial charge in [0, 0.05) is 50.1 Å². The Labute approximate surface area is 198 Å². The van der Waals surface area contributed by atoms with Crippen LogP contribution in [0.2, 0.25) is 0 Å². The summed E-state index contributed by atoms with van der Waals surface area (Å²) in [7, 11) is 1.60. The molecule has 4 rings (SSSR count). The standard InChI is InChI=1S/C24H27N7O3/c1-25-23(32)19-6-4-5-18(15-19)17-27-30-21-16-22(31-10-13-33-14-11-31)29-24(28-21)34-12-8-20-7-2-3-9-26-20/h2-7,9,15-17H,8,10-14H2,1H3,(H,25,32)(H,28,29,30). The summed E-state index contributed by atoms with van der Waals surface area (Å²) >= 11 is 0. The molecular weight excluding hydrogens is 434 g/mol. The van der Waals surface area contributed by atoms with Crippen molar-refractivity contribution in [3.8, 4) is 6.01 Å². The van der Waals surface area contributed by atoms with Gasteiger partial charge < -0.3 is 19.7 Å². The fourth-order valence-corrected chi connectivity index (χ4v) is 3.36. The van der Waals surface area contributed by atoms with Gasteiger partial charge in [-0.2, -0.15) is 15.1 Å². The molecule has 1 amide bonds. The molecule has 0 bridgehead atoms. The van der Waals surface area contributed by atoms with E-state index in [0.717, 1.165) is 30.2 Å². The van der Waals surface area contributed by atoms with E-state index in [-0.39, 0.29) is 11.9 Å². The van der Waals surface area contributed by atoms with Gasteiger partial charge in [-0.15, -0.1) is 0 Å². The second kappa shape index (κ2) is 11.7. The van der Waals surface area contributed by atoms with Gasteiger partial charge in [0.05, 0.1) is 26.0 Å². The normalized spacial score (nSPS) is 13.6. The lowest BCUT2D eigenvalue weighted by Gasteiger charge is -2.28. The zero-order valence-corrected chi connectivity index (χ0v) is 19.0. The van der Waals surface area contributed by atoms with Crippen LogP contribution in [0.3, 0.4) is 0 Å². The minimum atomic E-state index is -0.151. The van der Waals surface area contributed by atoms with Crippen LogP contribution in [0.4, 0.5) is 11.6 Å². The molecule has 0 unspecified atom stereocenters. The maximum Gasteiger partial charge on any atom is 0.320 e. The molecule has 1 fully saturated rings. The summed E-state index contributed by atoms with van der Waals surface area (Å²) in [6, 6.07) is 15.1. The van der Waals surface area contributed by atoms with Gasteiger partial charge >= 0.3 is 6.01 Å². The van der Waals surface area contributed by atoms with Gasteiger partial charge in [-0.25, -0.2) is 0 Å². The number of ether oxygens (including phenoxy) is 2. The molecule has 0 aliphatic carbocycles. The number of nitrogens with one attached hydrogen (secondary N) is 2. The van der Waals surface area contributed by atoms with E-state index in [0.29, 0.717) is 37.6 Å². The van der Waals surface area contributed by atoms with Crippen molar-refractivity contribution in [2.75, 3.05) is 50.3 Å². The number of pyridine rings is 1. The first-order chi connectivity index (χ1) is 16.7. The lowest BCUT2D eigenvalue weighted by molar-refractivity contribution is 0.0963. The first-order valence-electron chi connectivity index (χ1n) is 11.1. The van der Waals surface area contributed by atoms with Crippen LogP contribution in [0, 0.1) is 0 Å². The summed E-state index contributed by atoms with van der Waals surface area (Å²) in [6.07, 6.45) is 4.04. The fourth-order valence-electron chi connectivity index (χ4n) is 3.36. The molecule has 10 nitrogen and oxygen atoms in total. The van der Waals surface area contributed by atoms with Crippen molar-refractivity contribution < 1.29 is 14.3 Å². The minimum Gasteiger partial charge on any atom is -0.463 e. The average Bonchev–Trinajstić information content (AvgIpc) is 2.89. The van der Waals surface area contributed by atoms with Crippen LogP contribution in [-0.4, -0.2) is 67.0 Å². The van der Waals surface area contributed by atoms with Crippen LogP contribution in [-0.2, 0) is 11.2 Å². The number of anilines is 2. The summed E-state index contributed by atoms with van der Waals surface area (Å²) in [4.78, 5) is 27.3. The summed E-state index contributed by atoms with van der Waals surface area (Å²) in [5.74, 6) is 1.09. The first kappa shape index (κ1) is 23.1. The molecule has 0 radical (unpaired) electrons. The van der Waals surface area contributed by atoms with E-state index < -0.39 is 0 Å². The topological polar surface area (TPSA) is 114 Å². The molecule has 176 valence electrons. The van der Waals surface area contributed by atoms with Gasteiger partial charge in [-0.05, 0) is 29.8 Å². The van der Waals surface area contributed by atoms with E-state index in [1.54, 1.807) is 37.7 Å². The molecule has 3 aromatic rings. The highest BCUT2D eigenvalue weighted by Crippen LogP contribution is 2.21.